The lowest BCUT2D eigenvalue weighted by Crippen LogP contribution is -2.47. The molecule has 1 aliphatic rings. The number of carbonyl (C=O) groups is 1. The maximum absolute atomic E-state index is 11.4. The van der Waals surface area contributed by atoms with Crippen LogP contribution >= 0.6 is 0 Å². The summed E-state index contributed by atoms with van der Waals surface area (Å²) in [6.07, 6.45) is 0.169. The molecule has 1 saturated heterocycles. The highest BCUT2D eigenvalue weighted by molar-refractivity contribution is 5.66. The van der Waals surface area contributed by atoms with Crippen LogP contribution in [0, 0.1) is 6.92 Å². The van der Waals surface area contributed by atoms with Gasteiger partial charge in [-0.3, -0.25) is 14.5 Å². The monoisotopic (exact) mass is 266 g/mol. The predicted molar refractivity (Wildman–Crippen MR) is 70.5 cm³/mol. The first-order valence-electron chi connectivity index (χ1n) is 6.31. The van der Waals surface area contributed by atoms with Gasteiger partial charge >= 0.3 is 5.97 Å². The molecule has 0 saturated carbocycles. The van der Waals surface area contributed by atoms with E-state index in [4.69, 9.17) is 5.11 Å². The Morgan fingerprint density at radius 3 is 2.68 bits per heavy atom. The number of piperazine rings is 1. The zero-order valence-electron chi connectivity index (χ0n) is 10.9. The van der Waals surface area contributed by atoms with E-state index in [9.17, 15) is 9.59 Å². The fraction of sp³-hybridized carbons (Fsp3) is 0.583. The molecule has 0 aliphatic carbocycles. The molecule has 0 unspecified atom stereocenters. The Bertz CT molecular complexity index is 506. The maximum Gasteiger partial charge on any atom is 0.304 e. The molecule has 0 atom stereocenters. The molecule has 2 rings (SSSR count). The van der Waals surface area contributed by atoms with E-state index in [1.807, 2.05) is 0 Å². The summed E-state index contributed by atoms with van der Waals surface area (Å²) < 4.78 is 0. The van der Waals surface area contributed by atoms with Gasteiger partial charge in [-0.05, 0) is 6.92 Å². The molecule has 1 aliphatic heterocycles. The zero-order valence-corrected chi connectivity index (χ0v) is 10.9. The number of H-pyrrole nitrogens is 1. The van der Waals surface area contributed by atoms with Crippen molar-refractivity contribution in [1.82, 2.24) is 14.9 Å². The number of carboxylic acids is 1. The van der Waals surface area contributed by atoms with Crippen LogP contribution in [0.5, 0.6) is 0 Å². The van der Waals surface area contributed by atoms with Gasteiger partial charge in [0, 0.05) is 38.8 Å². The summed E-state index contributed by atoms with van der Waals surface area (Å²) >= 11 is 0. The number of hydrogen-bond acceptors (Lipinski definition) is 5. The molecule has 1 aromatic heterocycles. The van der Waals surface area contributed by atoms with Crippen LogP contribution in [-0.2, 0) is 4.79 Å². The molecule has 1 aromatic rings. The molecule has 0 bridgehead atoms. The summed E-state index contributed by atoms with van der Waals surface area (Å²) in [7, 11) is 0. The summed E-state index contributed by atoms with van der Waals surface area (Å²) in [4.78, 5) is 33.0. The highest BCUT2D eigenvalue weighted by Crippen LogP contribution is 2.11. The van der Waals surface area contributed by atoms with Gasteiger partial charge in [0.1, 0.15) is 11.6 Å². The van der Waals surface area contributed by atoms with Crippen molar-refractivity contribution in [2.24, 2.45) is 0 Å². The summed E-state index contributed by atoms with van der Waals surface area (Å²) in [5, 5.41) is 8.65. The summed E-state index contributed by atoms with van der Waals surface area (Å²) in [6, 6.07) is 1.50. The first-order chi connectivity index (χ1) is 9.04. The predicted octanol–water partition coefficient (Wildman–Crippen LogP) is -0.325. The lowest BCUT2D eigenvalue weighted by molar-refractivity contribution is -0.137. The van der Waals surface area contributed by atoms with Crippen molar-refractivity contribution in [2.75, 3.05) is 37.6 Å². The molecular weight excluding hydrogens is 248 g/mol. The van der Waals surface area contributed by atoms with E-state index in [1.54, 1.807) is 6.92 Å². The Kier molecular flexibility index (Phi) is 4.16. The SMILES string of the molecule is Cc1nc(N2CCN(CCC(=O)O)CC2)cc(=O)[nH]1. The van der Waals surface area contributed by atoms with Crippen LogP contribution in [0.25, 0.3) is 0 Å². The Balaban J connectivity index is 1.92. The maximum atomic E-state index is 11.4. The second-order valence-electron chi connectivity index (χ2n) is 4.66. The quantitative estimate of drug-likeness (QED) is 0.776. The van der Waals surface area contributed by atoms with Crippen molar-refractivity contribution in [1.29, 1.82) is 0 Å². The van der Waals surface area contributed by atoms with Gasteiger partial charge in [-0.1, -0.05) is 0 Å². The van der Waals surface area contributed by atoms with E-state index in [-0.39, 0.29) is 12.0 Å². The van der Waals surface area contributed by atoms with E-state index in [1.165, 1.54) is 6.07 Å². The number of carboxylic acid groups (broad SMARTS) is 1. The van der Waals surface area contributed by atoms with Crippen LogP contribution in [0.2, 0.25) is 0 Å². The van der Waals surface area contributed by atoms with Gasteiger partial charge in [-0.2, -0.15) is 0 Å². The lowest BCUT2D eigenvalue weighted by atomic mass is 10.3. The van der Waals surface area contributed by atoms with E-state index in [0.29, 0.717) is 18.2 Å². The largest absolute Gasteiger partial charge is 0.481 e. The number of aliphatic carboxylic acids is 1. The molecule has 104 valence electrons. The fourth-order valence-corrected chi connectivity index (χ4v) is 2.18. The molecule has 7 heteroatoms. The van der Waals surface area contributed by atoms with Gasteiger partial charge in [-0.15, -0.1) is 0 Å². The Morgan fingerprint density at radius 1 is 1.42 bits per heavy atom. The average molecular weight is 266 g/mol. The normalized spacial score (nSPS) is 16.6. The molecule has 19 heavy (non-hydrogen) atoms. The van der Waals surface area contributed by atoms with Gasteiger partial charge in [0.15, 0.2) is 0 Å². The van der Waals surface area contributed by atoms with Gasteiger partial charge in [0.05, 0.1) is 6.42 Å². The van der Waals surface area contributed by atoms with Crippen molar-refractivity contribution < 1.29 is 9.90 Å². The highest BCUT2D eigenvalue weighted by Gasteiger charge is 2.18. The molecule has 2 N–H and O–H groups in total. The van der Waals surface area contributed by atoms with E-state index in [2.05, 4.69) is 19.8 Å². The van der Waals surface area contributed by atoms with Crippen molar-refractivity contribution in [3.8, 4) is 0 Å². The number of nitrogens with zero attached hydrogens (tertiary/aromatic N) is 3. The second kappa shape index (κ2) is 5.83. The Labute approximate surface area is 110 Å². The second-order valence-corrected chi connectivity index (χ2v) is 4.66. The van der Waals surface area contributed by atoms with Crippen molar-refractivity contribution in [3.63, 3.8) is 0 Å². The topological polar surface area (TPSA) is 89.5 Å². The fourth-order valence-electron chi connectivity index (χ4n) is 2.18. The summed E-state index contributed by atoms with van der Waals surface area (Å²) in [5.74, 6) is 0.532. The number of aryl methyl sites for hydroxylation is 1. The average Bonchev–Trinajstić information content (AvgIpc) is 2.36. The molecule has 0 radical (unpaired) electrons. The summed E-state index contributed by atoms with van der Waals surface area (Å²) in [6.45, 7) is 5.44. The molecular formula is C12H18N4O3. The van der Waals surface area contributed by atoms with Crippen molar-refractivity contribution >= 4 is 11.8 Å². The van der Waals surface area contributed by atoms with Gasteiger partial charge in [-0.25, -0.2) is 4.98 Å². The molecule has 0 aromatic carbocycles. The molecule has 0 spiro atoms. The number of hydrogen-bond donors (Lipinski definition) is 2. The number of aromatic amines is 1. The van der Waals surface area contributed by atoms with E-state index >= 15 is 0 Å². The minimum absolute atomic E-state index is 0.143. The molecule has 2 heterocycles. The van der Waals surface area contributed by atoms with Gasteiger partial charge in [0.25, 0.3) is 5.56 Å². The molecule has 0 amide bonds. The Morgan fingerprint density at radius 2 is 2.11 bits per heavy atom. The standard InChI is InChI=1S/C12H18N4O3/c1-9-13-10(8-11(17)14-9)16-6-4-15(5-7-16)3-2-12(18)19/h8H,2-7H2,1H3,(H,18,19)(H,13,14,17). The van der Waals surface area contributed by atoms with E-state index < -0.39 is 5.97 Å². The third-order valence-electron chi connectivity index (χ3n) is 3.18. The minimum atomic E-state index is -0.769. The van der Waals surface area contributed by atoms with Crippen molar-refractivity contribution in [2.45, 2.75) is 13.3 Å². The first kappa shape index (κ1) is 13.5. The van der Waals surface area contributed by atoms with Crippen LogP contribution in [0.3, 0.4) is 0 Å². The molecule has 7 nitrogen and oxygen atoms in total. The lowest BCUT2D eigenvalue weighted by Gasteiger charge is -2.35. The van der Waals surface area contributed by atoms with Crippen molar-refractivity contribution in [3.05, 3.63) is 22.2 Å². The first-order valence-corrected chi connectivity index (χ1v) is 6.31. The Hall–Kier alpha value is -1.89. The number of anilines is 1. The number of rotatable bonds is 4. The van der Waals surface area contributed by atoms with Crippen LogP contribution in [0.15, 0.2) is 10.9 Å². The molecule has 1 fully saturated rings. The number of aromatic nitrogens is 2. The summed E-state index contributed by atoms with van der Waals surface area (Å²) in [5.41, 5.74) is -0.143. The van der Waals surface area contributed by atoms with Crippen LogP contribution < -0.4 is 10.5 Å². The smallest absolute Gasteiger partial charge is 0.304 e. The van der Waals surface area contributed by atoms with Crippen LogP contribution in [-0.4, -0.2) is 58.7 Å². The van der Waals surface area contributed by atoms with Crippen LogP contribution in [0.1, 0.15) is 12.2 Å². The van der Waals surface area contributed by atoms with Gasteiger partial charge in [0.2, 0.25) is 0 Å². The third-order valence-corrected chi connectivity index (χ3v) is 3.18. The highest BCUT2D eigenvalue weighted by atomic mass is 16.4. The third kappa shape index (κ3) is 3.78. The minimum Gasteiger partial charge on any atom is -0.481 e. The van der Waals surface area contributed by atoms with E-state index in [0.717, 1.165) is 26.2 Å². The zero-order chi connectivity index (χ0) is 13.8. The van der Waals surface area contributed by atoms with Crippen LogP contribution in [0.4, 0.5) is 5.82 Å². The van der Waals surface area contributed by atoms with Gasteiger partial charge < -0.3 is 15.0 Å². The number of nitrogens with one attached hydrogen (secondary N) is 1.